The number of rotatable bonds is 9. The van der Waals surface area contributed by atoms with Crippen molar-refractivity contribution in [2.24, 2.45) is 5.92 Å². The van der Waals surface area contributed by atoms with Gasteiger partial charge in [-0.05, 0) is 48.7 Å². The van der Waals surface area contributed by atoms with Gasteiger partial charge in [-0.3, -0.25) is 18.6 Å². The maximum absolute atomic E-state index is 13.1. The Labute approximate surface area is 192 Å². The molecule has 0 aliphatic rings. The molecule has 33 heavy (non-hydrogen) atoms. The predicted octanol–water partition coefficient (Wildman–Crippen LogP) is 4.67. The van der Waals surface area contributed by atoms with Gasteiger partial charge in [0, 0.05) is 12.1 Å². The topological polar surface area (TPSA) is 78.5 Å². The van der Waals surface area contributed by atoms with Gasteiger partial charge in [-0.2, -0.15) is 8.78 Å². The zero-order chi connectivity index (χ0) is 23.5. The quantitative estimate of drug-likeness (QED) is 0.260. The van der Waals surface area contributed by atoms with Crippen molar-refractivity contribution in [1.82, 2.24) is 19.2 Å². The van der Waals surface area contributed by atoms with Crippen molar-refractivity contribution in [3.63, 3.8) is 0 Å². The van der Waals surface area contributed by atoms with Gasteiger partial charge in [0.2, 0.25) is 5.78 Å². The lowest BCUT2D eigenvalue weighted by Gasteiger charge is -2.12. The number of para-hydroxylation sites is 1. The van der Waals surface area contributed by atoms with Crippen molar-refractivity contribution in [2.45, 2.75) is 38.6 Å². The van der Waals surface area contributed by atoms with E-state index in [1.54, 1.807) is 15.0 Å². The zero-order valence-electron chi connectivity index (χ0n) is 18.1. The fraction of sp³-hybridized carbons (Fsp3) is 0.304. The molecule has 7 nitrogen and oxygen atoms in total. The second kappa shape index (κ2) is 9.70. The highest BCUT2D eigenvalue weighted by molar-refractivity contribution is 7.99. The number of nitrogens with zero attached hydrogens (tertiary/aromatic N) is 4. The van der Waals surface area contributed by atoms with Crippen LogP contribution in [0.2, 0.25) is 0 Å². The number of hydrogen-bond acceptors (Lipinski definition) is 6. The summed E-state index contributed by atoms with van der Waals surface area (Å²) < 4.78 is 32.4. The molecule has 0 fully saturated rings. The second-order valence-corrected chi connectivity index (χ2v) is 8.83. The third-order valence-corrected chi connectivity index (χ3v) is 6.07. The Kier molecular flexibility index (Phi) is 6.73. The molecule has 0 saturated carbocycles. The number of aromatic nitrogens is 4. The van der Waals surface area contributed by atoms with Crippen LogP contribution in [-0.4, -0.2) is 37.3 Å². The molecule has 0 aliphatic carbocycles. The predicted molar refractivity (Wildman–Crippen MR) is 122 cm³/mol. The van der Waals surface area contributed by atoms with Crippen molar-refractivity contribution in [3.05, 3.63) is 64.4 Å². The Morgan fingerprint density at radius 2 is 1.82 bits per heavy atom. The minimum absolute atomic E-state index is 0.0107. The number of Topliss-reactive ketones (excluding diaryl/α,β-unsaturated/α-hetero) is 1. The number of ether oxygens (including phenoxy) is 1. The van der Waals surface area contributed by atoms with E-state index in [0.29, 0.717) is 39.9 Å². The molecule has 2 aromatic heterocycles. The summed E-state index contributed by atoms with van der Waals surface area (Å²) in [6, 6.07) is 12.8. The lowest BCUT2D eigenvalue weighted by molar-refractivity contribution is -0.0498. The fourth-order valence-electron chi connectivity index (χ4n) is 3.45. The molecule has 2 heterocycles. The SMILES string of the molecule is CC(C)CCn1c(=O)c2ccccc2n2c(SCC(=O)c3ccc(OC(F)F)cc3)nnc12. The minimum Gasteiger partial charge on any atom is -0.435 e. The van der Waals surface area contributed by atoms with Crippen LogP contribution in [0.15, 0.2) is 58.5 Å². The number of benzene rings is 2. The summed E-state index contributed by atoms with van der Waals surface area (Å²) in [6.07, 6.45) is 0.812. The van der Waals surface area contributed by atoms with E-state index in [1.165, 1.54) is 36.0 Å². The highest BCUT2D eigenvalue weighted by Gasteiger charge is 2.18. The molecule has 0 spiro atoms. The highest BCUT2D eigenvalue weighted by atomic mass is 32.2. The summed E-state index contributed by atoms with van der Waals surface area (Å²) in [4.78, 5) is 25.7. The second-order valence-electron chi connectivity index (χ2n) is 7.89. The van der Waals surface area contributed by atoms with Gasteiger partial charge in [-0.25, -0.2) is 0 Å². The van der Waals surface area contributed by atoms with Crippen molar-refractivity contribution < 1.29 is 18.3 Å². The molecule has 0 N–H and O–H groups in total. The Morgan fingerprint density at radius 3 is 2.52 bits per heavy atom. The number of thioether (sulfide) groups is 1. The Hall–Kier alpha value is -3.27. The molecular formula is C23H22F2N4O3S. The zero-order valence-corrected chi connectivity index (χ0v) is 18.9. The van der Waals surface area contributed by atoms with Crippen LogP contribution in [-0.2, 0) is 6.54 Å². The number of halogens is 2. The standard InChI is InChI=1S/C23H22F2N4O3S/c1-14(2)11-12-28-20(31)17-5-3-4-6-18(17)29-22(28)26-27-23(29)33-13-19(30)15-7-9-16(10-8-15)32-21(24)25/h3-10,14,21H,11-13H2,1-2H3. The number of fused-ring (bicyclic) bond motifs is 3. The first-order valence-electron chi connectivity index (χ1n) is 10.4. The maximum Gasteiger partial charge on any atom is 0.387 e. The molecule has 0 amide bonds. The molecule has 4 aromatic rings. The third kappa shape index (κ3) is 4.90. The van der Waals surface area contributed by atoms with Crippen LogP contribution in [0.1, 0.15) is 30.6 Å². The molecule has 0 bridgehead atoms. The third-order valence-electron chi connectivity index (χ3n) is 5.14. The molecule has 4 rings (SSSR count). The van der Waals surface area contributed by atoms with Gasteiger partial charge in [0.1, 0.15) is 5.75 Å². The Bertz CT molecular complexity index is 1350. The van der Waals surface area contributed by atoms with E-state index < -0.39 is 6.61 Å². The largest absolute Gasteiger partial charge is 0.435 e. The summed E-state index contributed by atoms with van der Waals surface area (Å²) in [7, 11) is 0. The van der Waals surface area contributed by atoms with E-state index in [0.717, 1.165) is 6.42 Å². The van der Waals surface area contributed by atoms with Gasteiger partial charge >= 0.3 is 6.61 Å². The van der Waals surface area contributed by atoms with Crippen molar-refractivity contribution >= 4 is 34.2 Å². The number of hydrogen-bond donors (Lipinski definition) is 0. The van der Waals surface area contributed by atoms with Gasteiger partial charge in [0.05, 0.1) is 16.7 Å². The Morgan fingerprint density at radius 1 is 1.09 bits per heavy atom. The van der Waals surface area contributed by atoms with Gasteiger partial charge < -0.3 is 4.74 Å². The van der Waals surface area contributed by atoms with Crippen LogP contribution in [0.5, 0.6) is 5.75 Å². The van der Waals surface area contributed by atoms with Crippen molar-refractivity contribution in [3.8, 4) is 5.75 Å². The summed E-state index contributed by atoms with van der Waals surface area (Å²) in [6.45, 7) is 1.77. The van der Waals surface area contributed by atoms with Crippen LogP contribution in [0.3, 0.4) is 0 Å². The molecule has 0 atom stereocenters. The van der Waals surface area contributed by atoms with E-state index >= 15 is 0 Å². The summed E-state index contributed by atoms with van der Waals surface area (Å²) in [5.41, 5.74) is 0.924. The molecular weight excluding hydrogens is 450 g/mol. The molecule has 0 radical (unpaired) electrons. The summed E-state index contributed by atoms with van der Waals surface area (Å²) >= 11 is 1.20. The lowest BCUT2D eigenvalue weighted by atomic mass is 10.1. The first kappa shape index (κ1) is 22.9. The first-order valence-corrected chi connectivity index (χ1v) is 11.4. The van der Waals surface area contributed by atoms with Crippen molar-refractivity contribution in [1.29, 1.82) is 0 Å². The van der Waals surface area contributed by atoms with Crippen LogP contribution < -0.4 is 10.3 Å². The van der Waals surface area contributed by atoms with Gasteiger partial charge in [0.15, 0.2) is 10.9 Å². The fourth-order valence-corrected chi connectivity index (χ4v) is 4.29. The smallest absolute Gasteiger partial charge is 0.387 e. The van der Waals surface area contributed by atoms with E-state index in [9.17, 15) is 18.4 Å². The molecule has 0 saturated heterocycles. The minimum atomic E-state index is -2.92. The number of carbonyl (C=O) groups is 1. The summed E-state index contributed by atoms with van der Waals surface area (Å²) in [5.74, 6) is 0.703. The highest BCUT2D eigenvalue weighted by Crippen LogP contribution is 2.23. The molecule has 10 heteroatoms. The molecule has 0 unspecified atom stereocenters. The number of aryl methyl sites for hydroxylation is 1. The van der Waals surface area contributed by atoms with Crippen LogP contribution >= 0.6 is 11.8 Å². The lowest BCUT2D eigenvalue weighted by Crippen LogP contribution is -2.24. The van der Waals surface area contributed by atoms with Crippen LogP contribution in [0.4, 0.5) is 8.78 Å². The van der Waals surface area contributed by atoms with Gasteiger partial charge in [-0.1, -0.05) is 37.7 Å². The average Bonchev–Trinajstić information content (AvgIpc) is 3.21. The monoisotopic (exact) mass is 472 g/mol. The van der Waals surface area contributed by atoms with Crippen LogP contribution in [0.25, 0.3) is 16.7 Å². The number of ketones is 1. The first-order chi connectivity index (χ1) is 15.8. The average molecular weight is 473 g/mol. The number of alkyl halides is 2. The molecule has 0 aliphatic heterocycles. The van der Waals surface area contributed by atoms with E-state index in [2.05, 4.69) is 28.8 Å². The van der Waals surface area contributed by atoms with Gasteiger partial charge in [0.25, 0.3) is 5.56 Å². The molecule has 172 valence electrons. The van der Waals surface area contributed by atoms with Gasteiger partial charge in [-0.15, -0.1) is 10.2 Å². The van der Waals surface area contributed by atoms with Crippen LogP contribution in [0, 0.1) is 5.92 Å². The maximum atomic E-state index is 13.1. The molecule has 2 aromatic carbocycles. The van der Waals surface area contributed by atoms with E-state index in [-0.39, 0.29) is 22.8 Å². The van der Waals surface area contributed by atoms with E-state index in [4.69, 9.17) is 0 Å². The summed E-state index contributed by atoms with van der Waals surface area (Å²) in [5, 5.41) is 9.54. The normalized spacial score (nSPS) is 11.7. The van der Waals surface area contributed by atoms with Crippen molar-refractivity contribution in [2.75, 3.05) is 5.75 Å². The van der Waals surface area contributed by atoms with E-state index in [1.807, 2.05) is 18.2 Å². The number of carbonyl (C=O) groups excluding carboxylic acids is 1. The Balaban J connectivity index is 1.63.